The lowest BCUT2D eigenvalue weighted by Gasteiger charge is -2.09. The van der Waals surface area contributed by atoms with Gasteiger partial charge in [-0.25, -0.2) is 9.97 Å². The second kappa shape index (κ2) is 5.02. The van der Waals surface area contributed by atoms with E-state index in [0.29, 0.717) is 11.6 Å². The minimum atomic E-state index is 0.583. The summed E-state index contributed by atoms with van der Waals surface area (Å²) in [6.07, 6.45) is 0. The van der Waals surface area contributed by atoms with Gasteiger partial charge in [0.25, 0.3) is 0 Å². The van der Waals surface area contributed by atoms with Crippen LogP contribution in [0.15, 0.2) is 22.7 Å². The number of hydrogen-bond donors (Lipinski definition) is 1. The maximum atomic E-state index is 6.02. The third-order valence-corrected chi connectivity index (χ3v) is 4.69. The highest BCUT2D eigenvalue weighted by atomic mass is 79.9. The molecule has 4 nitrogen and oxygen atoms in total. The lowest BCUT2D eigenvalue weighted by atomic mass is 10.1. The van der Waals surface area contributed by atoms with Crippen LogP contribution in [0.1, 0.15) is 11.3 Å². The Morgan fingerprint density at radius 1 is 1.32 bits per heavy atom. The number of rotatable bonds is 2. The summed E-state index contributed by atoms with van der Waals surface area (Å²) in [5.74, 6) is 3.80. The van der Waals surface area contributed by atoms with Gasteiger partial charge in [0.1, 0.15) is 11.6 Å². The molecule has 1 aromatic heterocycles. The van der Waals surface area contributed by atoms with Crippen molar-refractivity contribution in [3.05, 3.63) is 33.9 Å². The van der Waals surface area contributed by atoms with E-state index >= 15 is 0 Å². The molecule has 2 N–H and O–H groups in total. The van der Waals surface area contributed by atoms with Crippen molar-refractivity contribution in [1.29, 1.82) is 0 Å². The number of methoxy groups -OCH3 is 1. The van der Waals surface area contributed by atoms with Crippen molar-refractivity contribution < 1.29 is 4.74 Å². The van der Waals surface area contributed by atoms with Crippen LogP contribution in [0.25, 0.3) is 11.4 Å². The highest BCUT2D eigenvalue weighted by Crippen LogP contribution is 2.35. The van der Waals surface area contributed by atoms with Gasteiger partial charge >= 0.3 is 0 Å². The minimum absolute atomic E-state index is 0.583. The Morgan fingerprint density at radius 2 is 2.16 bits per heavy atom. The Balaban J connectivity index is 2.14. The summed E-state index contributed by atoms with van der Waals surface area (Å²) in [7, 11) is 1.64. The van der Waals surface area contributed by atoms with Crippen LogP contribution in [-0.2, 0) is 11.5 Å². The zero-order chi connectivity index (χ0) is 13.4. The molecule has 1 aromatic carbocycles. The average Bonchev–Trinajstić information content (AvgIpc) is 2.88. The van der Waals surface area contributed by atoms with Crippen molar-refractivity contribution >= 4 is 33.5 Å². The number of fused-ring (bicyclic) bond motifs is 1. The van der Waals surface area contributed by atoms with Crippen LogP contribution in [0.5, 0.6) is 5.75 Å². The predicted molar refractivity (Wildman–Crippen MR) is 81.1 cm³/mol. The van der Waals surface area contributed by atoms with E-state index in [1.807, 2.05) is 30.0 Å². The molecule has 1 aliphatic heterocycles. The fourth-order valence-electron chi connectivity index (χ4n) is 2.00. The van der Waals surface area contributed by atoms with Crippen molar-refractivity contribution in [1.82, 2.24) is 9.97 Å². The molecule has 0 saturated heterocycles. The molecule has 98 valence electrons. The molecule has 0 aliphatic carbocycles. The first kappa shape index (κ1) is 12.7. The van der Waals surface area contributed by atoms with Crippen LogP contribution in [0, 0.1) is 0 Å². The smallest absolute Gasteiger partial charge is 0.163 e. The molecule has 6 heteroatoms. The second-order valence-electron chi connectivity index (χ2n) is 4.20. The molecule has 19 heavy (non-hydrogen) atoms. The molecule has 0 atom stereocenters. The van der Waals surface area contributed by atoms with Crippen LogP contribution in [0.3, 0.4) is 0 Å². The SMILES string of the molecule is COc1ccc(Br)c(-c2nc(N)c3c(n2)CSC3)c1. The molecule has 0 bridgehead atoms. The average molecular weight is 338 g/mol. The number of ether oxygens (including phenoxy) is 1. The number of thioether (sulfide) groups is 1. The molecule has 0 radical (unpaired) electrons. The number of benzene rings is 1. The number of anilines is 1. The molecule has 1 aliphatic rings. The second-order valence-corrected chi connectivity index (χ2v) is 6.04. The maximum Gasteiger partial charge on any atom is 0.163 e. The molecular weight excluding hydrogens is 326 g/mol. The third-order valence-electron chi connectivity index (χ3n) is 3.02. The molecule has 2 heterocycles. The van der Waals surface area contributed by atoms with Gasteiger partial charge in [-0.1, -0.05) is 15.9 Å². The van der Waals surface area contributed by atoms with Gasteiger partial charge in [-0.3, -0.25) is 0 Å². The summed E-state index contributed by atoms with van der Waals surface area (Å²) >= 11 is 5.33. The first-order valence-corrected chi connectivity index (χ1v) is 7.70. The summed E-state index contributed by atoms with van der Waals surface area (Å²) in [5.41, 5.74) is 9.03. The molecule has 0 spiro atoms. The van der Waals surface area contributed by atoms with E-state index in [2.05, 4.69) is 25.9 Å². The Morgan fingerprint density at radius 3 is 2.95 bits per heavy atom. The molecule has 2 aromatic rings. The summed E-state index contributed by atoms with van der Waals surface area (Å²) in [6.45, 7) is 0. The maximum absolute atomic E-state index is 6.02. The topological polar surface area (TPSA) is 61.0 Å². The van der Waals surface area contributed by atoms with Crippen molar-refractivity contribution in [2.75, 3.05) is 12.8 Å². The van der Waals surface area contributed by atoms with E-state index in [4.69, 9.17) is 10.5 Å². The monoisotopic (exact) mass is 337 g/mol. The molecule has 0 saturated carbocycles. The van der Waals surface area contributed by atoms with Gasteiger partial charge in [-0.15, -0.1) is 0 Å². The Hall–Kier alpha value is -1.27. The number of aromatic nitrogens is 2. The van der Waals surface area contributed by atoms with Gasteiger partial charge in [0, 0.05) is 27.1 Å². The van der Waals surface area contributed by atoms with E-state index in [1.54, 1.807) is 7.11 Å². The van der Waals surface area contributed by atoms with Gasteiger partial charge < -0.3 is 10.5 Å². The number of nitrogens with zero attached hydrogens (tertiary/aromatic N) is 2. The van der Waals surface area contributed by atoms with Gasteiger partial charge in [0.05, 0.1) is 12.8 Å². The fraction of sp³-hybridized carbons (Fsp3) is 0.231. The number of hydrogen-bond acceptors (Lipinski definition) is 5. The zero-order valence-corrected chi connectivity index (χ0v) is 12.7. The summed E-state index contributed by atoms with van der Waals surface area (Å²) < 4.78 is 6.17. The number of nitrogen functional groups attached to an aromatic ring is 1. The van der Waals surface area contributed by atoms with Crippen LogP contribution >= 0.6 is 27.7 Å². The highest BCUT2D eigenvalue weighted by Gasteiger charge is 2.19. The zero-order valence-electron chi connectivity index (χ0n) is 10.3. The normalized spacial score (nSPS) is 13.4. The molecule has 3 rings (SSSR count). The lowest BCUT2D eigenvalue weighted by Crippen LogP contribution is -2.03. The van der Waals surface area contributed by atoms with Crippen molar-refractivity contribution in [3.63, 3.8) is 0 Å². The summed E-state index contributed by atoms with van der Waals surface area (Å²) in [5, 5.41) is 0. The minimum Gasteiger partial charge on any atom is -0.497 e. The summed E-state index contributed by atoms with van der Waals surface area (Å²) in [6, 6.07) is 5.73. The standard InChI is InChI=1S/C13H12BrN3OS/c1-18-7-2-3-10(14)8(4-7)13-16-11-6-19-5-9(11)12(15)17-13/h2-4H,5-6H2,1H3,(H2,15,16,17). The Labute approximate surface area is 123 Å². The quantitative estimate of drug-likeness (QED) is 0.911. The third kappa shape index (κ3) is 2.30. The van der Waals surface area contributed by atoms with E-state index in [9.17, 15) is 0 Å². The van der Waals surface area contributed by atoms with Crippen LogP contribution in [-0.4, -0.2) is 17.1 Å². The highest BCUT2D eigenvalue weighted by molar-refractivity contribution is 9.10. The Kier molecular flexibility index (Phi) is 3.36. The van der Waals surface area contributed by atoms with E-state index in [0.717, 1.165) is 38.5 Å². The fourth-order valence-corrected chi connectivity index (χ4v) is 3.48. The molecule has 0 unspecified atom stereocenters. The molecule has 0 amide bonds. The van der Waals surface area contributed by atoms with Crippen LogP contribution in [0.4, 0.5) is 5.82 Å². The van der Waals surface area contributed by atoms with E-state index < -0.39 is 0 Å². The molecule has 0 fully saturated rings. The number of halogens is 1. The van der Waals surface area contributed by atoms with Gasteiger partial charge in [-0.2, -0.15) is 11.8 Å². The first-order valence-electron chi connectivity index (χ1n) is 5.76. The van der Waals surface area contributed by atoms with Crippen LogP contribution in [0.2, 0.25) is 0 Å². The number of nitrogens with two attached hydrogens (primary N) is 1. The van der Waals surface area contributed by atoms with E-state index in [-0.39, 0.29) is 0 Å². The van der Waals surface area contributed by atoms with E-state index in [1.165, 1.54) is 0 Å². The molecular formula is C13H12BrN3OS. The predicted octanol–water partition coefficient (Wildman–Crippen LogP) is 3.24. The van der Waals surface area contributed by atoms with Crippen molar-refractivity contribution in [2.45, 2.75) is 11.5 Å². The summed E-state index contributed by atoms with van der Waals surface area (Å²) in [4.78, 5) is 9.04. The van der Waals surface area contributed by atoms with Gasteiger partial charge in [0.15, 0.2) is 5.82 Å². The van der Waals surface area contributed by atoms with Gasteiger partial charge in [0.2, 0.25) is 0 Å². The Bertz CT molecular complexity index is 648. The van der Waals surface area contributed by atoms with Crippen molar-refractivity contribution in [2.24, 2.45) is 0 Å². The van der Waals surface area contributed by atoms with Crippen LogP contribution < -0.4 is 10.5 Å². The van der Waals surface area contributed by atoms with Crippen molar-refractivity contribution in [3.8, 4) is 17.1 Å². The largest absolute Gasteiger partial charge is 0.497 e. The lowest BCUT2D eigenvalue weighted by molar-refractivity contribution is 0.415. The first-order chi connectivity index (χ1) is 9.19. The van der Waals surface area contributed by atoms with Gasteiger partial charge in [-0.05, 0) is 18.2 Å².